The number of aromatic hydroxyl groups is 2. The van der Waals surface area contributed by atoms with Crippen molar-refractivity contribution in [2.24, 2.45) is 0 Å². The summed E-state index contributed by atoms with van der Waals surface area (Å²) in [4.78, 5) is 31.6. The molecule has 310 valence electrons. The number of thioether (sulfide) groups is 1. The average molecular weight is 803 g/mol. The van der Waals surface area contributed by atoms with Crippen LogP contribution in [0.2, 0.25) is 0 Å². The van der Waals surface area contributed by atoms with Gasteiger partial charge in [-0.05, 0) is 57.4 Å². The molecule has 2 saturated heterocycles. The van der Waals surface area contributed by atoms with Gasteiger partial charge >= 0.3 is 5.97 Å². The van der Waals surface area contributed by atoms with E-state index < -0.39 is 35.4 Å². The topological polar surface area (TPSA) is 145 Å². The molecule has 7 atom stereocenters. The van der Waals surface area contributed by atoms with Crippen LogP contribution in [0.25, 0.3) is 0 Å². The summed E-state index contributed by atoms with van der Waals surface area (Å²) in [6.07, 6.45) is 16.8. The van der Waals surface area contributed by atoms with Crippen LogP contribution in [0.3, 0.4) is 0 Å². The SMILES string of the molecule is CCCCCCCCCCCCCCCC(=O)N[C@H]1CS[C@@H]2c3c(O)c(C)c4c(c3[C@H](COC1=O)N1C2[C@H]2c3c(cc(C)c(C)c3O)C[C@@H]([C@@H]1C#N)N2C)OCO4. The number of aryl methyl sites for hydroxylation is 1. The lowest BCUT2D eigenvalue weighted by atomic mass is 9.71. The van der Waals surface area contributed by atoms with Gasteiger partial charge < -0.3 is 29.7 Å². The van der Waals surface area contributed by atoms with Gasteiger partial charge in [-0.15, -0.1) is 11.8 Å². The molecule has 2 fully saturated rings. The molecule has 11 nitrogen and oxygen atoms in total. The third-order valence-electron chi connectivity index (χ3n) is 13.5. The molecule has 12 heteroatoms. The van der Waals surface area contributed by atoms with E-state index in [9.17, 15) is 25.1 Å². The zero-order valence-corrected chi connectivity index (χ0v) is 35.3. The first kappa shape index (κ1) is 41.5. The predicted molar refractivity (Wildman–Crippen MR) is 221 cm³/mol. The van der Waals surface area contributed by atoms with E-state index in [1.807, 2.05) is 27.8 Å². The molecule has 6 aliphatic rings. The van der Waals surface area contributed by atoms with Gasteiger partial charge in [-0.3, -0.25) is 14.6 Å². The Morgan fingerprint density at radius 2 is 1.53 bits per heavy atom. The number of nitriles is 1. The smallest absolute Gasteiger partial charge is 0.329 e. The number of carbonyl (C=O) groups is 2. The first-order valence-corrected chi connectivity index (χ1v) is 22.6. The maximum Gasteiger partial charge on any atom is 0.329 e. The number of piperazine rings is 1. The first-order chi connectivity index (χ1) is 27.6. The molecule has 8 rings (SSSR count). The van der Waals surface area contributed by atoms with Crippen LogP contribution >= 0.6 is 11.8 Å². The number of nitrogens with one attached hydrogen (secondary N) is 1. The average Bonchev–Trinajstić information content (AvgIpc) is 3.69. The van der Waals surface area contributed by atoms with Crippen LogP contribution in [-0.4, -0.2) is 82.3 Å². The Labute approximate surface area is 342 Å². The van der Waals surface area contributed by atoms with E-state index in [-0.39, 0.29) is 48.6 Å². The molecular weight excluding hydrogens is 741 g/mol. The molecule has 1 unspecified atom stereocenters. The fourth-order valence-corrected chi connectivity index (χ4v) is 11.8. The molecule has 4 bridgehead atoms. The quantitative estimate of drug-likeness (QED) is 0.118. The van der Waals surface area contributed by atoms with Gasteiger partial charge in [0.15, 0.2) is 11.5 Å². The Hall–Kier alpha value is -3.66. The van der Waals surface area contributed by atoms with Crippen LogP contribution < -0.4 is 14.8 Å². The summed E-state index contributed by atoms with van der Waals surface area (Å²) in [5.41, 5.74) is 5.58. The largest absolute Gasteiger partial charge is 0.507 e. The number of phenols is 2. The zero-order valence-electron chi connectivity index (χ0n) is 34.5. The second kappa shape index (κ2) is 18.1. The molecule has 0 radical (unpaired) electrons. The number of nitrogens with zero attached hydrogens (tertiary/aromatic N) is 3. The molecular formula is C45H62N4O7S. The second-order valence-electron chi connectivity index (χ2n) is 17.0. The summed E-state index contributed by atoms with van der Waals surface area (Å²) in [5.74, 6) is 0.802. The fourth-order valence-electron chi connectivity index (χ4n) is 10.2. The minimum absolute atomic E-state index is 0.0112. The molecule has 57 heavy (non-hydrogen) atoms. The first-order valence-electron chi connectivity index (χ1n) is 21.5. The van der Waals surface area contributed by atoms with Crippen molar-refractivity contribution in [1.29, 1.82) is 5.26 Å². The summed E-state index contributed by atoms with van der Waals surface area (Å²) in [6.45, 7) is 7.87. The number of unbranched alkanes of at least 4 members (excludes halogenated alkanes) is 12. The lowest BCUT2D eigenvalue weighted by Gasteiger charge is -2.61. The van der Waals surface area contributed by atoms with Gasteiger partial charge in [0.25, 0.3) is 0 Å². The highest BCUT2D eigenvalue weighted by Crippen LogP contribution is 2.63. The predicted octanol–water partition coefficient (Wildman–Crippen LogP) is 8.28. The van der Waals surface area contributed by atoms with Crippen LogP contribution in [0.4, 0.5) is 0 Å². The number of phenolic OH excluding ortho intramolecular Hbond substituents is 2. The Morgan fingerprint density at radius 1 is 0.895 bits per heavy atom. The Kier molecular flexibility index (Phi) is 13.2. The summed E-state index contributed by atoms with van der Waals surface area (Å²) in [5, 5.41) is 37.4. The van der Waals surface area contributed by atoms with E-state index in [0.29, 0.717) is 41.0 Å². The van der Waals surface area contributed by atoms with E-state index in [2.05, 4.69) is 34.2 Å². The van der Waals surface area contributed by atoms with Crippen molar-refractivity contribution in [2.75, 3.05) is 26.2 Å². The van der Waals surface area contributed by atoms with E-state index >= 15 is 0 Å². The number of rotatable bonds is 15. The van der Waals surface area contributed by atoms with Crippen LogP contribution in [0.15, 0.2) is 6.07 Å². The maximum absolute atomic E-state index is 13.9. The molecule has 0 saturated carbocycles. The lowest BCUT2D eigenvalue weighted by molar-refractivity contribution is -0.152. The van der Waals surface area contributed by atoms with Gasteiger partial charge in [0, 0.05) is 46.5 Å². The number of benzene rings is 2. The molecule has 1 amide bonds. The number of carbonyl (C=O) groups excluding carboxylic acids is 2. The van der Waals surface area contributed by atoms with Gasteiger partial charge in [-0.25, -0.2) is 4.79 Å². The zero-order chi connectivity index (χ0) is 40.4. The van der Waals surface area contributed by atoms with E-state index in [0.717, 1.165) is 41.5 Å². The Bertz CT molecular complexity index is 1860. The number of hydrogen-bond donors (Lipinski definition) is 3. The monoisotopic (exact) mass is 802 g/mol. The standard InChI is InChI=1S/C45H62N4O7S/c1-6-7-8-9-10-11-12-13-14-15-16-17-18-19-34(50)47-30-24-57-44-37-36(43-42(55-25-56-43)28(4)41(37)52)33(23-54-45(30)53)49-32(22-46)31-21-29-20-26(2)27(3)40(51)35(29)38(39(44)49)48(31)5/h20,30-33,38-39,44,51-52H,6-19,21,23-25H2,1-5H3,(H,47,50)/t30-,31-,32-,33-,38+,39?,44+/m0/s1. The van der Waals surface area contributed by atoms with Gasteiger partial charge in [0.1, 0.15) is 30.2 Å². The number of fused-ring (bicyclic) bond motifs is 10. The third kappa shape index (κ3) is 7.93. The number of likely N-dealkylation sites (N-methyl/N-ethyl adjacent to an activating group) is 1. The highest BCUT2D eigenvalue weighted by molar-refractivity contribution is 7.99. The number of amides is 1. The van der Waals surface area contributed by atoms with E-state index in [1.54, 1.807) is 0 Å². The summed E-state index contributed by atoms with van der Waals surface area (Å²) in [7, 11) is 2.02. The lowest BCUT2D eigenvalue weighted by Crippen LogP contribution is -2.69. The van der Waals surface area contributed by atoms with Crippen molar-refractivity contribution in [3.05, 3.63) is 45.0 Å². The minimum Gasteiger partial charge on any atom is -0.507 e. The fraction of sp³-hybridized carbons (Fsp3) is 0.667. The molecule has 2 aromatic rings. The second-order valence-corrected chi connectivity index (χ2v) is 18.2. The van der Waals surface area contributed by atoms with Gasteiger partial charge in [-0.1, -0.05) is 90.0 Å². The summed E-state index contributed by atoms with van der Waals surface area (Å²) < 4.78 is 18.1. The highest BCUT2D eigenvalue weighted by Gasteiger charge is 2.60. The van der Waals surface area contributed by atoms with Crippen molar-refractivity contribution in [1.82, 2.24) is 15.1 Å². The molecule has 2 aromatic carbocycles. The number of esters is 1. The van der Waals surface area contributed by atoms with Crippen LogP contribution in [0.1, 0.15) is 153 Å². The highest BCUT2D eigenvalue weighted by atomic mass is 32.2. The van der Waals surface area contributed by atoms with Crippen molar-refractivity contribution in [3.63, 3.8) is 0 Å². The number of ether oxygens (including phenoxy) is 3. The molecule has 3 N–H and O–H groups in total. The molecule has 6 aliphatic heterocycles. The Balaban J connectivity index is 1.11. The molecule has 0 aliphatic carbocycles. The van der Waals surface area contributed by atoms with Crippen molar-refractivity contribution in [3.8, 4) is 29.1 Å². The maximum atomic E-state index is 13.9. The molecule has 0 spiro atoms. The normalized spacial score (nSPS) is 26.2. The van der Waals surface area contributed by atoms with Crippen LogP contribution in [0.5, 0.6) is 23.0 Å². The number of hydrogen-bond acceptors (Lipinski definition) is 11. The van der Waals surface area contributed by atoms with Crippen LogP contribution in [-0.2, 0) is 20.7 Å². The molecule has 0 aromatic heterocycles. The van der Waals surface area contributed by atoms with Crippen LogP contribution in [0, 0.1) is 32.1 Å². The van der Waals surface area contributed by atoms with Gasteiger partial charge in [-0.2, -0.15) is 5.26 Å². The molecule has 6 heterocycles. The third-order valence-corrected chi connectivity index (χ3v) is 14.8. The summed E-state index contributed by atoms with van der Waals surface area (Å²) >= 11 is 1.47. The minimum atomic E-state index is -0.893. The Morgan fingerprint density at radius 3 is 2.19 bits per heavy atom. The van der Waals surface area contributed by atoms with E-state index in [1.165, 1.54) is 76.0 Å². The van der Waals surface area contributed by atoms with Crippen molar-refractivity contribution >= 4 is 23.6 Å². The van der Waals surface area contributed by atoms with Crippen molar-refractivity contribution < 1.29 is 34.0 Å². The summed E-state index contributed by atoms with van der Waals surface area (Å²) in [6, 6.07) is 1.64. The van der Waals surface area contributed by atoms with Gasteiger partial charge in [0.2, 0.25) is 12.7 Å². The van der Waals surface area contributed by atoms with E-state index in [4.69, 9.17) is 14.2 Å². The van der Waals surface area contributed by atoms with Gasteiger partial charge in [0.05, 0.1) is 23.4 Å². The van der Waals surface area contributed by atoms with Crippen molar-refractivity contribution in [2.45, 2.75) is 166 Å².